The van der Waals surface area contributed by atoms with E-state index in [9.17, 15) is 13.2 Å². The summed E-state index contributed by atoms with van der Waals surface area (Å²) in [4.78, 5) is 10.5. The van der Waals surface area contributed by atoms with Crippen molar-refractivity contribution in [2.75, 3.05) is 12.0 Å². The molecule has 0 aromatic rings. The van der Waals surface area contributed by atoms with Crippen molar-refractivity contribution in [2.24, 2.45) is 5.84 Å². The molecule has 0 saturated heterocycles. The fourth-order valence-electron chi connectivity index (χ4n) is 0.567. The first-order valence-electron chi connectivity index (χ1n) is 3.13. The van der Waals surface area contributed by atoms with Gasteiger partial charge in [-0.15, -0.1) is 12.4 Å². The summed E-state index contributed by atoms with van der Waals surface area (Å²) in [6.07, 6.45) is 1.61. The first kappa shape index (κ1) is 14.2. The average molecular weight is 217 g/mol. The Kier molecular flexibility index (Phi) is 7.36. The van der Waals surface area contributed by atoms with E-state index in [-0.39, 0.29) is 30.5 Å². The Labute approximate surface area is 78.0 Å². The number of hydrogen-bond acceptors (Lipinski definition) is 4. The largest absolute Gasteiger partial charge is 0.294 e. The lowest BCUT2D eigenvalue weighted by atomic mass is 10.3. The number of hydrogen-bond donors (Lipinski definition) is 2. The Hall–Kier alpha value is -0.330. The molecule has 0 bridgehead atoms. The van der Waals surface area contributed by atoms with E-state index in [0.29, 0.717) is 6.42 Å². The van der Waals surface area contributed by atoms with Gasteiger partial charge in [0.2, 0.25) is 5.91 Å². The Bertz CT molecular complexity index is 227. The zero-order valence-electron chi connectivity index (χ0n) is 6.74. The van der Waals surface area contributed by atoms with E-state index >= 15 is 0 Å². The molecule has 0 atom stereocenters. The standard InChI is InChI=1S/C5H12N2O3S.ClH/c1-11(9,10)4-2-3-5(8)7-6;/h2-4,6H2,1H3,(H,7,8);1H. The van der Waals surface area contributed by atoms with Gasteiger partial charge in [0, 0.05) is 12.7 Å². The van der Waals surface area contributed by atoms with Crippen molar-refractivity contribution in [1.29, 1.82) is 0 Å². The van der Waals surface area contributed by atoms with Crippen LogP contribution in [0, 0.1) is 0 Å². The van der Waals surface area contributed by atoms with Crippen molar-refractivity contribution in [1.82, 2.24) is 5.43 Å². The lowest BCUT2D eigenvalue weighted by molar-refractivity contribution is -0.121. The van der Waals surface area contributed by atoms with Crippen LogP contribution < -0.4 is 11.3 Å². The minimum Gasteiger partial charge on any atom is -0.294 e. The first-order chi connectivity index (χ1) is 4.95. The molecule has 0 unspecified atom stereocenters. The molecule has 5 nitrogen and oxygen atoms in total. The molecule has 0 aliphatic rings. The van der Waals surface area contributed by atoms with Crippen LogP contribution in [0.15, 0.2) is 0 Å². The van der Waals surface area contributed by atoms with Crippen LogP contribution in [-0.4, -0.2) is 26.3 Å². The number of rotatable bonds is 4. The van der Waals surface area contributed by atoms with E-state index in [1.165, 1.54) is 0 Å². The van der Waals surface area contributed by atoms with Gasteiger partial charge in [0.25, 0.3) is 0 Å². The molecule has 74 valence electrons. The lowest BCUT2D eigenvalue weighted by Gasteiger charge is -1.97. The van der Waals surface area contributed by atoms with Crippen LogP contribution in [0.2, 0.25) is 0 Å². The van der Waals surface area contributed by atoms with Gasteiger partial charge in [-0.2, -0.15) is 0 Å². The Morgan fingerprint density at radius 1 is 1.50 bits per heavy atom. The molecular weight excluding hydrogens is 204 g/mol. The van der Waals surface area contributed by atoms with E-state index in [2.05, 4.69) is 0 Å². The Morgan fingerprint density at radius 3 is 2.33 bits per heavy atom. The number of carbonyl (C=O) groups is 1. The molecule has 0 aromatic carbocycles. The van der Waals surface area contributed by atoms with Crippen molar-refractivity contribution in [3.8, 4) is 0 Å². The van der Waals surface area contributed by atoms with E-state index < -0.39 is 9.84 Å². The summed E-state index contributed by atoms with van der Waals surface area (Å²) < 4.78 is 21.1. The predicted molar refractivity (Wildman–Crippen MR) is 48.5 cm³/mol. The number of nitrogens with two attached hydrogens (primary N) is 1. The van der Waals surface area contributed by atoms with Gasteiger partial charge in [-0.05, 0) is 6.42 Å². The van der Waals surface area contributed by atoms with Crippen LogP contribution in [0.25, 0.3) is 0 Å². The Morgan fingerprint density at radius 2 is 2.00 bits per heavy atom. The topological polar surface area (TPSA) is 89.3 Å². The second-order valence-electron chi connectivity index (χ2n) is 2.30. The monoisotopic (exact) mass is 216 g/mol. The maximum absolute atomic E-state index is 10.5. The fourth-order valence-corrected chi connectivity index (χ4v) is 1.24. The highest BCUT2D eigenvalue weighted by Crippen LogP contribution is 1.93. The van der Waals surface area contributed by atoms with Crippen molar-refractivity contribution in [3.05, 3.63) is 0 Å². The van der Waals surface area contributed by atoms with Crippen LogP contribution in [0.4, 0.5) is 0 Å². The molecule has 0 spiro atoms. The number of halogens is 1. The predicted octanol–water partition coefficient (Wildman–Crippen LogP) is -0.777. The molecule has 0 aliphatic carbocycles. The van der Waals surface area contributed by atoms with Gasteiger partial charge in [0.15, 0.2) is 0 Å². The summed E-state index contributed by atoms with van der Waals surface area (Å²) >= 11 is 0. The maximum Gasteiger partial charge on any atom is 0.233 e. The van der Waals surface area contributed by atoms with Gasteiger partial charge in [-0.1, -0.05) is 0 Å². The van der Waals surface area contributed by atoms with Crippen LogP contribution >= 0.6 is 12.4 Å². The summed E-state index contributed by atoms with van der Waals surface area (Å²) in [5, 5.41) is 0. The molecule has 0 heterocycles. The average Bonchev–Trinajstić information content (AvgIpc) is 1.85. The number of hydrazine groups is 1. The van der Waals surface area contributed by atoms with Gasteiger partial charge in [0.05, 0.1) is 5.75 Å². The van der Waals surface area contributed by atoms with Crippen LogP contribution in [0.3, 0.4) is 0 Å². The second-order valence-corrected chi connectivity index (χ2v) is 4.56. The molecule has 0 saturated carbocycles. The summed E-state index contributed by atoms with van der Waals surface area (Å²) in [6, 6.07) is 0. The molecular formula is C5H13ClN2O3S. The molecule has 0 radical (unpaired) electrons. The minimum atomic E-state index is -2.95. The van der Waals surface area contributed by atoms with Crippen LogP contribution in [-0.2, 0) is 14.6 Å². The number of sulfone groups is 1. The summed E-state index contributed by atoms with van der Waals surface area (Å²) in [7, 11) is -2.95. The maximum atomic E-state index is 10.5. The number of amides is 1. The molecule has 1 amide bonds. The van der Waals surface area contributed by atoms with E-state index in [1.54, 1.807) is 0 Å². The van der Waals surface area contributed by atoms with Gasteiger partial charge < -0.3 is 0 Å². The Balaban J connectivity index is 0. The van der Waals surface area contributed by atoms with Gasteiger partial charge in [-0.3, -0.25) is 10.2 Å². The smallest absolute Gasteiger partial charge is 0.233 e. The summed E-state index contributed by atoms with van der Waals surface area (Å²) in [5.41, 5.74) is 1.92. The lowest BCUT2D eigenvalue weighted by Crippen LogP contribution is -2.30. The van der Waals surface area contributed by atoms with Crippen LogP contribution in [0.1, 0.15) is 12.8 Å². The normalized spacial score (nSPS) is 10.2. The molecule has 0 rings (SSSR count). The third-order valence-corrected chi connectivity index (χ3v) is 2.11. The number of nitrogens with one attached hydrogen (secondary N) is 1. The first-order valence-corrected chi connectivity index (χ1v) is 5.19. The second kappa shape index (κ2) is 6.22. The van der Waals surface area contributed by atoms with Gasteiger partial charge in [-0.25, -0.2) is 14.3 Å². The third-order valence-electron chi connectivity index (χ3n) is 1.08. The molecule has 0 aromatic heterocycles. The van der Waals surface area contributed by atoms with Crippen molar-refractivity contribution in [3.63, 3.8) is 0 Å². The highest BCUT2D eigenvalue weighted by Gasteiger charge is 2.03. The van der Waals surface area contributed by atoms with E-state index in [1.807, 2.05) is 5.43 Å². The summed E-state index contributed by atoms with van der Waals surface area (Å²) in [5.74, 6) is 4.46. The molecule has 12 heavy (non-hydrogen) atoms. The fraction of sp³-hybridized carbons (Fsp3) is 0.800. The van der Waals surface area contributed by atoms with E-state index in [4.69, 9.17) is 5.84 Å². The number of carbonyl (C=O) groups excluding carboxylic acids is 1. The van der Waals surface area contributed by atoms with Crippen molar-refractivity contribution >= 4 is 28.2 Å². The minimum absolute atomic E-state index is 0. The summed E-state index contributed by atoms with van der Waals surface area (Å²) in [6.45, 7) is 0. The molecule has 7 heteroatoms. The molecule has 3 N–H and O–H groups in total. The van der Waals surface area contributed by atoms with Gasteiger partial charge >= 0.3 is 0 Å². The molecule has 0 aliphatic heterocycles. The van der Waals surface area contributed by atoms with E-state index in [0.717, 1.165) is 6.26 Å². The van der Waals surface area contributed by atoms with Crippen molar-refractivity contribution < 1.29 is 13.2 Å². The zero-order valence-corrected chi connectivity index (χ0v) is 8.37. The molecule has 0 fully saturated rings. The highest BCUT2D eigenvalue weighted by atomic mass is 35.5. The highest BCUT2D eigenvalue weighted by molar-refractivity contribution is 7.90. The zero-order chi connectivity index (χ0) is 8.91. The van der Waals surface area contributed by atoms with Crippen LogP contribution in [0.5, 0.6) is 0 Å². The quantitative estimate of drug-likeness (QED) is 0.367. The third kappa shape index (κ3) is 9.67. The SMILES string of the molecule is CS(=O)(=O)CCCC(=O)NN.Cl. The van der Waals surface area contributed by atoms with Gasteiger partial charge in [0.1, 0.15) is 9.84 Å². The van der Waals surface area contributed by atoms with Crippen molar-refractivity contribution in [2.45, 2.75) is 12.8 Å².